The number of imidazole rings is 2. The molecular formula is C24H29N7O5. The molecule has 3 atom stereocenters. The van der Waals surface area contributed by atoms with E-state index in [1.54, 1.807) is 19.1 Å². The van der Waals surface area contributed by atoms with Gasteiger partial charge in [0.15, 0.2) is 11.2 Å². The average Bonchev–Trinajstić information content (AvgIpc) is 3.35. The average molecular weight is 496 g/mol. The molecule has 1 fully saturated rings. The maximum atomic E-state index is 13.5. The van der Waals surface area contributed by atoms with Crippen LogP contribution in [0.15, 0.2) is 34.1 Å². The number of aliphatic hydroxyl groups excluding tert-OH is 1. The predicted molar refractivity (Wildman–Crippen MR) is 132 cm³/mol. The van der Waals surface area contributed by atoms with Crippen molar-refractivity contribution in [2.45, 2.75) is 38.0 Å². The fourth-order valence-corrected chi connectivity index (χ4v) is 5.20. The van der Waals surface area contributed by atoms with Crippen LogP contribution < -0.4 is 11.2 Å². The number of hydrogen-bond acceptors (Lipinski definition) is 7. The van der Waals surface area contributed by atoms with E-state index >= 15 is 0 Å². The molecule has 0 bridgehead atoms. The minimum Gasteiger partial charge on any atom is -0.391 e. The summed E-state index contributed by atoms with van der Waals surface area (Å²) in [5, 5.41) is 22.4. The maximum absolute atomic E-state index is 13.5. The lowest BCUT2D eigenvalue weighted by molar-refractivity contribution is -0.0121. The zero-order valence-electron chi connectivity index (χ0n) is 20.8. The number of aliphatic hydroxyl groups is 2. The van der Waals surface area contributed by atoms with Gasteiger partial charge >= 0.3 is 5.69 Å². The van der Waals surface area contributed by atoms with Crippen molar-refractivity contribution in [1.82, 2.24) is 33.1 Å². The van der Waals surface area contributed by atoms with Crippen molar-refractivity contribution in [2.75, 3.05) is 13.1 Å². The summed E-state index contributed by atoms with van der Waals surface area (Å²) in [5.74, 6) is 0.482. The summed E-state index contributed by atoms with van der Waals surface area (Å²) in [4.78, 5) is 48.9. The molecule has 12 nitrogen and oxygen atoms in total. The lowest BCUT2D eigenvalue weighted by Crippen LogP contribution is -2.47. The van der Waals surface area contributed by atoms with Gasteiger partial charge in [-0.1, -0.05) is 0 Å². The van der Waals surface area contributed by atoms with Crippen molar-refractivity contribution >= 4 is 28.1 Å². The molecule has 1 saturated heterocycles. The van der Waals surface area contributed by atoms with E-state index in [1.165, 1.54) is 34.5 Å². The van der Waals surface area contributed by atoms with Crippen molar-refractivity contribution in [1.29, 1.82) is 0 Å². The first kappa shape index (κ1) is 23.9. The molecule has 4 aromatic rings. The molecule has 0 radical (unpaired) electrons. The fraction of sp³-hybridized carbons (Fsp3) is 0.458. The Hall–Kier alpha value is -3.77. The van der Waals surface area contributed by atoms with Crippen molar-refractivity contribution < 1.29 is 15.0 Å². The molecule has 1 aliphatic heterocycles. The number of aromatic nitrogens is 6. The number of carbonyl (C=O) groups is 1. The zero-order valence-corrected chi connectivity index (χ0v) is 20.8. The number of fused-ring (bicyclic) bond motifs is 2. The molecule has 190 valence electrons. The van der Waals surface area contributed by atoms with Crippen LogP contribution in [-0.2, 0) is 21.1 Å². The van der Waals surface area contributed by atoms with Crippen LogP contribution in [0.4, 0.5) is 0 Å². The van der Waals surface area contributed by atoms with E-state index in [0.717, 1.165) is 15.9 Å². The van der Waals surface area contributed by atoms with Gasteiger partial charge in [-0.2, -0.15) is 0 Å². The lowest BCUT2D eigenvalue weighted by atomic mass is 9.92. The first-order chi connectivity index (χ1) is 16.9. The summed E-state index contributed by atoms with van der Waals surface area (Å²) in [7, 11) is 4.79. The highest BCUT2D eigenvalue weighted by molar-refractivity contribution is 5.97. The third-order valence-electron chi connectivity index (χ3n) is 7.30. The van der Waals surface area contributed by atoms with Crippen LogP contribution in [0.1, 0.15) is 35.6 Å². The second kappa shape index (κ2) is 8.14. The maximum Gasteiger partial charge on any atom is 0.332 e. The molecule has 1 aromatic carbocycles. The molecule has 4 heterocycles. The topological polar surface area (TPSA) is 140 Å². The smallest absolute Gasteiger partial charge is 0.332 e. The first-order valence-corrected chi connectivity index (χ1v) is 11.7. The molecule has 0 saturated carbocycles. The lowest BCUT2D eigenvalue weighted by Gasteiger charge is -2.34. The van der Waals surface area contributed by atoms with Crippen molar-refractivity contribution in [3.63, 3.8) is 0 Å². The number of rotatable bonds is 2. The van der Waals surface area contributed by atoms with Crippen LogP contribution in [-0.4, -0.2) is 74.1 Å². The van der Waals surface area contributed by atoms with Gasteiger partial charge < -0.3 is 24.2 Å². The standard InChI is InChI=1S/C24H29N7O5/c1-13-26-16-8-14(6-7-17(16)27(13)3)21(33)30-10-15(32)9-18(24(2,36)11-30)31-12-25-20-19(31)22(34)29(5)23(35)28(20)4/h6-8,12,15,18,32,36H,9-11H2,1-5H3/t15-,18-,24-/m1/s1. The Morgan fingerprint density at radius 1 is 1.14 bits per heavy atom. The number of amides is 1. The van der Waals surface area contributed by atoms with Gasteiger partial charge in [0.05, 0.1) is 36.1 Å². The molecule has 2 N–H and O–H groups in total. The number of likely N-dealkylation sites (tertiary alicyclic amines) is 1. The summed E-state index contributed by atoms with van der Waals surface area (Å²) in [6, 6.07) is 4.47. The van der Waals surface area contributed by atoms with Crippen molar-refractivity contribution in [2.24, 2.45) is 21.1 Å². The van der Waals surface area contributed by atoms with Crippen LogP contribution >= 0.6 is 0 Å². The van der Waals surface area contributed by atoms with E-state index in [1.807, 2.05) is 24.6 Å². The van der Waals surface area contributed by atoms with E-state index in [4.69, 9.17) is 0 Å². The highest BCUT2D eigenvalue weighted by Gasteiger charge is 2.42. The van der Waals surface area contributed by atoms with E-state index < -0.39 is 29.0 Å². The Labute approximate surface area is 205 Å². The van der Waals surface area contributed by atoms with Crippen molar-refractivity contribution in [3.8, 4) is 0 Å². The highest BCUT2D eigenvalue weighted by Crippen LogP contribution is 2.34. The van der Waals surface area contributed by atoms with Gasteiger partial charge in [0.25, 0.3) is 11.5 Å². The molecule has 12 heteroatoms. The van der Waals surface area contributed by atoms with Gasteiger partial charge in [0, 0.05) is 33.3 Å². The van der Waals surface area contributed by atoms with Gasteiger partial charge in [-0.25, -0.2) is 14.8 Å². The van der Waals surface area contributed by atoms with Crippen LogP contribution in [0.3, 0.4) is 0 Å². The van der Waals surface area contributed by atoms with Gasteiger partial charge in [-0.3, -0.25) is 18.7 Å². The molecule has 5 rings (SSSR count). The normalized spacial score (nSPS) is 22.9. The molecule has 1 amide bonds. The summed E-state index contributed by atoms with van der Waals surface area (Å²) < 4.78 is 5.69. The number of aryl methyl sites for hydroxylation is 3. The zero-order chi connectivity index (χ0) is 26.1. The summed E-state index contributed by atoms with van der Waals surface area (Å²) in [5.41, 5.74) is -0.264. The Morgan fingerprint density at radius 3 is 2.58 bits per heavy atom. The van der Waals surface area contributed by atoms with Gasteiger partial charge in [0.2, 0.25) is 0 Å². The van der Waals surface area contributed by atoms with E-state index in [-0.39, 0.29) is 36.6 Å². The van der Waals surface area contributed by atoms with E-state index in [2.05, 4.69) is 9.97 Å². The number of benzene rings is 1. The Morgan fingerprint density at radius 2 is 1.86 bits per heavy atom. The van der Waals surface area contributed by atoms with Crippen LogP contribution in [0.2, 0.25) is 0 Å². The molecule has 0 unspecified atom stereocenters. The number of nitrogens with zero attached hydrogens (tertiary/aromatic N) is 7. The summed E-state index contributed by atoms with van der Waals surface area (Å²) >= 11 is 0. The summed E-state index contributed by atoms with van der Waals surface area (Å²) in [6.07, 6.45) is 0.501. The molecule has 3 aromatic heterocycles. The Bertz CT molecular complexity index is 1640. The highest BCUT2D eigenvalue weighted by atomic mass is 16.3. The number of carbonyl (C=O) groups excluding carboxylic acids is 1. The Balaban J connectivity index is 1.53. The molecule has 0 aliphatic carbocycles. The minimum absolute atomic E-state index is 0.00783. The predicted octanol–water partition coefficient (Wildman–Crippen LogP) is -0.172. The SMILES string of the molecule is Cc1nc2cc(C(=O)N3C[C@H](O)C[C@@H](n4cnc5c4c(=O)n(C)c(=O)n5C)[C@](C)(O)C3)ccc2n1C. The van der Waals surface area contributed by atoms with Gasteiger partial charge in [-0.15, -0.1) is 0 Å². The molecular weight excluding hydrogens is 466 g/mol. The monoisotopic (exact) mass is 495 g/mol. The van der Waals surface area contributed by atoms with Crippen LogP contribution in [0, 0.1) is 6.92 Å². The molecule has 1 aliphatic rings. The quantitative estimate of drug-likeness (QED) is 0.393. The fourth-order valence-electron chi connectivity index (χ4n) is 5.20. The largest absolute Gasteiger partial charge is 0.391 e. The molecule has 0 spiro atoms. The third kappa shape index (κ3) is 3.56. The molecule has 36 heavy (non-hydrogen) atoms. The second-order valence-electron chi connectivity index (χ2n) is 9.90. The number of hydrogen-bond donors (Lipinski definition) is 2. The third-order valence-corrected chi connectivity index (χ3v) is 7.30. The first-order valence-electron chi connectivity index (χ1n) is 11.7. The minimum atomic E-state index is -1.52. The summed E-state index contributed by atoms with van der Waals surface area (Å²) in [6.45, 7) is 3.38. The second-order valence-corrected chi connectivity index (χ2v) is 9.90. The van der Waals surface area contributed by atoms with E-state index in [9.17, 15) is 24.6 Å². The van der Waals surface area contributed by atoms with Gasteiger partial charge in [-0.05, 0) is 38.5 Å². The van der Waals surface area contributed by atoms with Crippen LogP contribution in [0.5, 0.6) is 0 Å². The van der Waals surface area contributed by atoms with Crippen LogP contribution in [0.25, 0.3) is 22.2 Å². The van der Waals surface area contributed by atoms with Gasteiger partial charge in [0.1, 0.15) is 11.4 Å². The Kier molecular flexibility index (Phi) is 5.41. The van der Waals surface area contributed by atoms with Crippen molar-refractivity contribution in [3.05, 3.63) is 56.8 Å². The number of β-amino-alcohol motifs (C(OH)–C–C–N with tert-alkyl or cyclic N) is 2. The van der Waals surface area contributed by atoms with E-state index in [0.29, 0.717) is 11.1 Å².